The molecule has 16 heavy (non-hydrogen) atoms. The maximum absolute atomic E-state index is 11.7. The molecule has 0 aliphatic carbocycles. The van der Waals surface area contributed by atoms with Crippen molar-refractivity contribution in [2.24, 2.45) is 7.05 Å². The van der Waals surface area contributed by atoms with E-state index in [9.17, 15) is 4.79 Å². The van der Waals surface area contributed by atoms with Crippen molar-refractivity contribution in [3.05, 3.63) is 28.8 Å². The Morgan fingerprint density at radius 3 is 3.06 bits per heavy atom. The van der Waals surface area contributed by atoms with Crippen molar-refractivity contribution < 1.29 is 4.79 Å². The molecule has 2 heterocycles. The van der Waals surface area contributed by atoms with Crippen molar-refractivity contribution in [1.82, 2.24) is 30.5 Å². The van der Waals surface area contributed by atoms with Gasteiger partial charge in [0.1, 0.15) is 5.69 Å². The van der Waals surface area contributed by atoms with E-state index >= 15 is 0 Å². The van der Waals surface area contributed by atoms with Crippen LogP contribution < -0.4 is 5.32 Å². The summed E-state index contributed by atoms with van der Waals surface area (Å²) in [6, 6.07) is 1.59. The van der Waals surface area contributed by atoms with E-state index in [2.05, 4.69) is 25.9 Å². The number of nitrogens with one attached hydrogen (secondary N) is 2. The quantitative estimate of drug-likeness (QED) is 0.798. The molecule has 2 aromatic heterocycles. The zero-order chi connectivity index (χ0) is 11.5. The van der Waals surface area contributed by atoms with Crippen LogP contribution in [0, 0.1) is 0 Å². The highest BCUT2D eigenvalue weighted by Gasteiger charge is 2.11. The molecule has 2 rings (SSSR count). The minimum atomic E-state index is -0.237. The molecule has 0 aliphatic heterocycles. The molecule has 0 spiro atoms. The largest absolute Gasteiger partial charge is 0.345 e. The smallest absolute Gasteiger partial charge is 0.268 e. The second-order valence-corrected chi connectivity index (χ2v) is 3.60. The molecule has 7 nitrogen and oxygen atoms in total. The molecule has 0 saturated heterocycles. The fraction of sp³-hybridized carbons (Fsp3) is 0.250. The Morgan fingerprint density at radius 2 is 2.50 bits per heavy atom. The lowest BCUT2D eigenvalue weighted by atomic mass is 10.4. The lowest BCUT2D eigenvalue weighted by Crippen LogP contribution is -2.25. The Bertz CT molecular complexity index is 491. The summed E-state index contributed by atoms with van der Waals surface area (Å²) in [5, 5.41) is 16.3. The number of carbonyl (C=O) groups is 1. The van der Waals surface area contributed by atoms with Gasteiger partial charge in [0.25, 0.3) is 5.91 Å². The van der Waals surface area contributed by atoms with Gasteiger partial charge in [-0.25, -0.2) is 0 Å². The van der Waals surface area contributed by atoms with Gasteiger partial charge in [0, 0.05) is 13.2 Å². The number of nitrogens with zero attached hydrogens (tertiary/aromatic N) is 4. The summed E-state index contributed by atoms with van der Waals surface area (Å²) in [7, 11) is 1.75. The third kappa shape index (κ3) is 2.19. The normalized spacial score (nSPS) is 10.4. The number of aromatic amines is 1. The molecule has 0 unspecified atom stereocenters. The van der Waals surface area contributed by atoms with Crippen molar-refractivity contribution in [2.45, 2.75) is 6.54 Å². The molecular weight excluding hydrogens is 232 g/mol. The molecule has 2 aromatic rings. The number of rotatable bonds is 3. The summed E-state index contributed by atoms with van der Waals surface area (Å²) >= 11 is 5.77. The first-order chi connectivity index (χ1) is 7.66. The van der Waals surface area contributed by atoms with Crippen LogP contribution in [0.4, 0.5) is 0 Å². The van der Waals surface area contributed by atoms with Crippen LogP contribution in [0.3, 0.4) is 0 Å². The maximum Gasteiger partial charge on any atom is 0.268 e. The molecule has 0 aromatic carbocycles. The summed E-state index contributed by atoms with van der Waals surface area (Å²) in [6.45, 7) is 0.220. The zero-order valence-corrected chi connectivity index (χ0v) is 9.19. The first-order valence-electron chi connectivity index (χ1n) is 4.49. The Labute approximate surface area is 95.8 Å². The van der Waals surface area contributed by atoms with Crippen LogP contribution in [0.5, 0.6) is 0 Å². The van der Waals surface area contributed by atoms with Gasteiger partial charge in [0.05, 0.1) is 11.6 Å². The minimum Gasteiger partial charge on any atom is -0.345 e. The van der Waals surface area contributed by atoms with E-state index in [1.165, 1.54) is 0 Å². The molecule has 8 heteroatoms. The SMILES string of the molecule is Cn1cc(Cl)cc1C(=O)NCc1nn[nH]n1. The van der Waals surface area contributed by atoms with Gasteiger partial charge in [-0.1, -0.05) is 16.8 Å². The predicted molar refractivity (Wildman–Crippen MR) is 55.8 cm³/mol. The summed E-state index contributed by atoms with van der Waals surface area (Å²) in [5.74, 6) is 0.188. The van der Waals surface area contributed by atoms with Crippen molar-refractivity contribution in [1.29, 1.82) is 0 Å². The van der Waals surface area contributed by atoms with Crippen molar-refractivity contribution >= 4 is 17.5 Å². The number of tetrazole rings is 1. The third-order valence-electron chi connectivity index (χ3n) is 2.00. The van der Waals surface area contributed by atoms with E-state index in [1.807, 2.05) is 0 Å². The molecule has 1 amide bonds. The molecule has 0 radical (unpaired) electrons. The molecule has 0 bridgehead atoms. The fourth-order valence-corrected chi connectivity index (χ4v) is 1.51. The first-order valence-corrected chi connectivity index (χ1v) is 4.87. The first kappa shape index (κ1) is 10.6. The number of aromatic nitrogens is 5. The lowest BCUT2D eigenvalue weighted by molar-refractivity contribution is 0.0942. The van der Waals surface area contributed by atoms with Crippen LogP contribution in [0.25, 0.3) is 0 Å². The monoisotopic (exact) mass is 240 g/mol. The van der Waals surface area contributed by atoms with Gasteiger partial charge >= 0.3 is 0 Å². The lowest BCUT2D eigenvalue weighted by Gasteiger charge is -2.02. The second kappa shape index (κ2) is 4.31. The molecule has 0 saturated carbocycles. The average molecular weight is 241 g/mol. The van der Waals surface area contributed by atoms with Crippen LogP contribution in [0.15, 0.2) is 12.3 Å². The van der Waals surface area contributed by atoms with E-state index in [1.54, 1.807) is 23.9 Å². The van der Waals surface area contributed by atoms with E-state index in [4.69, 9.17) is 11.6 Å². The molecule has 0 fully saturated rings. The summed E-state index contributed by atoms with van der Waals surface area (Å²) in [4.78, 5) is 11.7. The van der Waals surface area contributed by atoms with Crippen molar-refractivity contribution in [3.8, 4) is 0 Å². The van der Waals surface area contributed by atoms with Gasteiger partial charge < -0.3 is 9.88 Å². The van der Waals surface area contributed by atoms with Crippen molar-refractivity contribution in [3.63, 3.8) is 0 Å². The summed E-state index contributed by atoms with van der Waals surface area (Å²) < 4.78 is 1.65. The van der Waals surface area contributed by atoms with Crippen molar-refractivity contribution in [2.75, 3.05) is 0 Å². The van der Waals surface area contributed by atoms with Crippen LogP contribution in [0.1, 0.15) is 16.3 Å². The van der Waals surface area contributed by atoms with E-state index in [0.717, 1.165) is 0 Å². The fourth-order valence-electron chi connectivity index (χ4n) is 1.26. The van der Waals surface area contributed by atoms with Gasteiger partial charge in [-0.3, -0.25) is 4.79 Å². The number of halogens is 1. The standard InChI is InChI=1S/C8H9ClN6O/c1-15-4-5(9)2-6(15)8(16)10-3-7-11-13-14-12-7/h2,4H,3H2,1H3,(H,10,16)(H,11,12,13,14). The number of carbonyl (C=O) groups excluding carboxylic acids is 1. The highest BCUT2D eigenvalue weighted by atomic mass is 35.5. The van der Waals surface area contributed by atoms with E-state index in [-0.39, 0.29) is 12.5 Å². The van der Waals surface area contributed by atoms with Gasteiger partial charge in [-0.15, -0.1) is 10.2 Å². The predicted octanol–water partition coefficient (Wildman–Crippen LogP) is 0.122. The molecule has 2 N–H and O–H groups in total. The number of H-pyrrole nitrogens is 1. The van der Waals surface area contributed by atoms with Gasteiger partial charge in [-0.2, -0.15) is 5.21 Å². The topological polar surface area (TPSA) is 88.5 Å². The van der Waals surface area contributed by atoms with Gasteiger partial charge in [0.15, 0.2) is 5.82 Å². The third-order valence-corrected chi connectivity index (χ3v) is 2.21. The summed E-state index contributed by atoms with van der Waals surface area (Å²) in [6.07, 6.45) is 1.66. The Balaban J connectivity index is 2.01. The Morgan fingerprint density at radius 1 is 1.69 bits per heavy atom. The second-order valence-electron chi connectivity index (χ2n) is 3.17. The number of hydrogen-bond donors (Lipinski definition) is 2. The molecule has 84 valence electrons. The molecule has 0 atom stereocenters. The highest BCUT2D eigenvalue weighted by Crippen LogP contribution is 2.12. The van der Waals surface area contributed by atoms with Crippen LogP contribution in [0.2, 0.25) is 5.02 Å². The molecular formula is C8H9ClN6O. The van der Waals surface area contributed by atoms with Crippen LogP contribution in [-0.4, -0.2) is 31.1 Å². The summed E-state index contributed by atoms with van der Waals surface area (Å²) in [5.41, 5.74) is 0.480. The minimum absolute atomic E-state index is 0.220. The average Bonchev–Trinajstić information content (AvgIpc) is 2.84. The maximum atomic E-state index is 11.7. The van der Waals surface area contributed by atoms with Crippen LogP contribution in [-0.2, 0) is 13.6 Å². The van der Waals surface area contributed by atoms with Crippen LogP contribution >= 0.6 is 11.6 Å². The van der Waals surface area contributed by atoms with E-state index < -0.39 is 0 Å². The highest BCUT2D eigenvalue weighted by molar-refractivity contribution is 6.31. The number of hydrogen-bond acceptors (Lipinski definition) is 4. The molecule has 0 aliphatic rings. The zero-order valence-electron chi connectivity index (χ0n) is 8.44. The number of amides is 1. The Hall–Kier alpha value is -1.89. The van der Waals surface area contributed by atoms with Gasteiger partial charge in [-0.05, 0) is 6.07 Å². The van der Waals surface area contributed by atoms with E-state index in [0.29, 0.717) is 16.5 Å². The van der Waals surface area contributed by atoms with Gasteiger partial charge in [0.2, 0.25) is 0 Å². The Kier molecular flexibility index (Phi) is 2.86. The number of aryl methyl sites for hydroxylation is 1.